The predicted molar refractivity (Wildman–Crippen MR) is 143 cm³/mol. The van der Waals surface area contributed by atoms with E-state index >= 15 is 0 Å². The first-order chi connectivity index (χ1) is 17.3. The lowest BCUT2D eigenvalue weighted by atomic mass is 9.83. The van der Waals surface area contributed by atoms with Gasteiger partial charge in [-0.2, -0.15) is 0 Å². The molecule has 0 aromatic heterocycles. The van der Waals surface area contributed by atoms with Crippen molar-refractivity contribution in [1.29, 1.82) is 0 Å². The first kappa shape index (κ1) is 18.3. The number of hydrogen-bond acceptors (Lipinski definition) is 1. The summed E-state index contributed by atoms with van der Waals surface area (Å²) in [6.45, 7) is 0. The van der Waals surface area contributed by atoms with Gasteiger partial charge in [-0.3, -0.25) is 0 Å². The maximum atomic E-state index is 2.56. The third-order valence-corrected chi connectivity index (χ3v) is 8.69. The molecule has 0 N–H and O–H groups in total. The molecule has 4 aliphatic rings. The van der Waals surface area contributed by atoms with E-state index in [1.165, 1.54) is 83.8 Å². The minimum Gasteiger partial charge on any atom is -0.309 e. The van der Waals surface area contributed by atoms with E-state index in [9.17, 15) is 0 Å². The summed E-state index contributed by atoms with van der Waals surface area (Å²) >= 11 is 0. The largest absolute Gasteiger partial charge is 0.309 e. The van der Waals surface area contributed by atoms with Crippen molar-refractivity contribution >= 4 is 17.1 Å². The van der Waals surface area contributed by atoms with Crippen molar-refractivity contribution in [1.82, 2.24) is 0 Å². The molecule has 0 atom stereocenters. The zero-order valence-corrected chi connectivity index (χ0v) is 19.4. The first-order valence-corrected chi connectivity index (χ1v) is 12.7. The summed E-state index contributed by atoms with van der Waals surface area (Å²) in [7, 11) is 0. The maximum absolute atomic E-state index is 2.56. The van der Waals surface area contributed by atoms with E-state index in [1.54, 1.807) is 0 Å². The minimum absolute atomic E-state index is 1.01. The number of fused-ring (bicyclic) bond motifs is 11. The molecule has 0 fully saturated rings. The lowest BCUT2D eigenvalue weighted by Gasteiger charge is -2.40. The Labute approximate surface area is 205 Å². The summed E-state index contributed by atoms with van der Waals surface area (Å²) in [4.78, 5) is 2.56. The van der Waals surface area contributed by atoms with Crippen molar-refractivity contribution in [2.75, 3.05) is 4.90 Å². The van der Waals surface area contributed by atoms with Gasteiger partial charge in [0.2, 0.25) is 0 Å². The fourth-order valence-corrected chi connectivity index (χ4v) is 7.23. The van der Waals surface area contributed by atoms with E-state index in [1.807, 2.05) is 0 Å². The molecule has 2 heterocycles. The van der Waals surface area contributed by atoms with Gasteiger partial charge < -0.3 is 4.90 Å². The van der Waals surface area contributed by atoms with Crippen LogP contribution in [0.15, 0.2) is 91.0 Å². The summed E-state index contributed by atoms with van der Waals surface area (Å²) in [6, 6.07) is 34.6. The second-order valence-electron chi connectivity index (χ2n) is 10.5. The summed E-state index contributed by atoms with van der Waals surface area (Å²) in [5, 5.41) is 0. The van der Waals surface area contributed by atoms with Crippen molar-refractivity contribution in [3.05, 3.63) is 136 Å². The first-order valence-electron chi connectivity index (χ1n) is 12.7. The number of para-hydroxylation sites is 2. The molecule has 35 heavy (non-hydrogen) atoms. The average Bonchev–Trinajstić information content (AvgIpc) is 3.44. The van der Waals surface area contributed by atoms with Gasteiger partial charge in [0, 0.05) is 18.5 Å². The molecular formula is C34H23N. The molecule has 2 aliphatic heterocycles. The third-order valence-electron chi connectivity index (χ3n) is 8.69. The van der Waals surface area contributed by atoms with E-state index in [0.29, 0.717) is 0 Å². The average molecular weight is 446 g/mol. The Morgan fingerprint density at radius 2 is 1.11 bits per heavy atom. The number of nitrogens with zero attached hydrogens (tertiary/aromatic N) is 1. The van der Waals surface area contributed by atoms with Gasteiger partial charge in [0.1, 0.15) is 0 Å². The Kier molecular flexibility index (Phi) is 3.29. The number of rotatable bonds is 0. The lowest BCUT2D eigenvalue weighted by Crippen LogP contribution is -2.25. The minimum atomic E-state index is 1.01. The molecular weight excluding hydrogens is 422 g/mol. The van der Waals surface area contributed by atoms with Crippen LogP contribution in [-0.4, -0.2) is 0 Å². The highest BCUT2D eigenvalue weighted by molar-refractivity contribution is 5.95. The van der Waals surface area contributed by atoms with Crippen molar-refractivity contribution in [3.63, 3.8) is 0 Å². The molecule has 164 valence electrons. The fraction of sp³-hybridized carbons (Fsp3) is 0.118. The van der Waals surface area contributed by atoms with Crippen molar-refractivity contribution < 1.29 is 0 Å². The number of hydrogen-bond donors (Lipinski definition) is 0. The number of anilines is 3. The van der Waals surface area contributed by atoms with E-state index in [2.05, 4.69) is 95.9 Å². The molecule has 0 saturated carbocycles. The van der Waals surface area contributed by atoms with Crippen LogP contribution in [0.1, 0.15) is 44.5 Å². The van der Waals surface area contributed by atoms with E-state index < -0.39 is 0 Å². The Morgan fingerprint density at radius 1 is 0.429 bits per heavy atom. The lowest BCUT2D eigenvalue weighted by molar-refractivity contribution is 1.01. The van der Waals surface area contributed by atoms with Gasteiger partial charge in [0.15, 0.2) is 0 Å². The SMILES string of the molecule is c1ccc2c(c1)Cc1cc3c(cc1-2)Cc1ccc2c(c1-3)Cc1cccc3c1N2c1ccccc1C3. The molecule has 0 bridgehead atoms. The zero-order chi connectivity index (χ0) is 22.7. The summed E-state index contributed by atoms with van der Waals surface area (Å²) in [5.41, 5.74) is 21.7. The Bertz CT molecular complexity index is 1760. The van der Waals surface area contributed by atoms with Crippen LogP contribution < -0.4 is 4.90 Å². The molecule has 1 heteroatoms. The Morgan fingerprint density at radius 3 is 2.06 bits per heavy atom. The molecule has 5 aromatic carbocycles. The van der Waals surface area contributed by atoms with Crippen LogP contribution >= 0.6 is 0 Å². The molecule has 0 amide bonds. The predicted octanol–water partition coefficient (Wildman–Crippen LogP) is 8.11. The fourth-order valence-electron chi connectivity index (χ4n) is 7.23. The number of benzene rings is 5. The zero-order valence-electron chi connectivity index (χ0n) is 19.4. The summed E-state index contributed by atoms with van der Waals surface area (Å²) in [5.74, 6) is 0. The van der Waals surface area contributed by atoms with Gasteiger partial charge in [0.05, 0.1) is 11.4 Å². The molecule has 2 aliphatic carbocycles. The monoisotopic (exact) mass is 445 g/mol. The van der Waals surface area contributed by atoms with Gasteiger partial charge in [-0.15, -0.1) is 0 Å². The topological polar surface area (TPSA) is 3.24 Å². The second kappa shape index (κ2) is 6.31. The molecule has 0 spiro atoms. The highest BCUT2D eigenvalue weighted by Gasteiger charge is 2.35. The third kappa shape index (κ3) is 2.29. The van der Waals surface area contributed by atoms with Gasteiger partial charge in [-0.1, -0.05) is 66.7 Å². The van der Waals surface area contributed by atoms with Crippen LogP contribution in [-0.2, 0) is 25.7 Å². The smallest absolute Gasteiger partial charge is 0.0532 e. The van der Waals surface area contributed by atoms with Gasteiger partial charge in [-0.05, 0) is 104 Å². The quantitative estimate of drug-likeness (QED) is 0.228. The Hall–Kier alpha value is -4.10. The van der Waals surface area contributed by atoms with Crippen LogP contribution in [0.2, 0.25) is 0 Å². The highest BCUT2D eigenvalue weighted by Crippen LogP contribution is 2.54. The van der Waals surface area contributed by atoms with Crippen molar-refractivity contribution in [2.24, 2.45) is 0 Å². The molecule has 0 radical (unpaired) electrons. The van der Waals surface area contributed by atoms with E-state index in [0.717, 1.165) is 25.7 Å². The van der Waals surface area contributed by atoms with Crippen LogP contribution in [0.25, 0.3) is 22.3 Å². The Balaban J connectivity index is 1.28. The summed E-state index contributed by atoms with van der Waals surface area (Å²) < 4.78 is 0. The molecule has 5 aromatic rings. The molecule has 9 rings (SSSR count). The second-order valence-corrected chi connectivity index (χ2v) is 10.5. The highest BCUT2D eigenvalue weighted by atomic mass is 15.2. The normalized spacial score (nSPS) is 14.9. The van der Waals surface area contributed by atoms with Gasteiger partial charge in [-0.25, -0.2) is 0 Å². The molecule has 0 unspecified atom stereocenters. The van der Waals surface area contributed by atoms with Crippen LogP contribution in [0.4, 0.5) is 17.1 Å². The maximum Gasteiger partial charge on any atom is 0.0532 e. The molecule has 1 nitrogen and oxygen atoms in total. The van der Waals surface area contributed by atoms with Crippen LogP contribution in [0.5, 0.6) is 0 Å². The van der Waals surface area contributed by atoms with Gasteiger partial charge in [0.25, 0.3) is 0 Å². The standard InChI is InChI=1S/C34H23N/c1-3-10-27-20(6-1)14-25-19-29-26(18-28(25)27)16-22-12-13-32-30(33(22)29)17-24-9-5-8-23-15-21-7-2-4-11-31(21)35(32)34(23)24/h1-13,18-19H,14-17H2. The van der Waals surface area contributed by atoms with Gasteiger partial charge >= 0.3 is 0 Å². The van der Waals surface area contributed by atoms with Crippen molar-refractivity contribution in [2.45, 2.75) is 25.7 Å². The van der Waals surface area contributed by atoms with E-state index in [4.69, 9.17) is 0 Å². The van der Waals surface area contributed by atoms with Crippen molar-refractivity contribution in [3.8, 4) is 22.3 Å². The van der Waals surface area contributed by atoms with Crippen LogP contribution in [0, 0.1) is 0 Å². The van der Waals surface area contributed by atoms with Crippen LogP contribution in [0.3, 0.4) is 0 Å². The summed E-state index contributed by atoms with van der Waals surface area (Å²) in [6.07, 6.45) is 4.12. The van der Waals surface area contributed by atoms with E-state index in [-0.39, 0.29) is 0 Å². The molecule has 0 saturated heterocycles.